The standard InChI is InChI=1S/C15H14ClFN2O2/c1-21-14-5-2-10(16)6-9(14)8-19-11-3-4-13(17)12(7-11)15(18)20/h2-7,19H,8H2,1H3,(H2,18,20). The van der Waals surface area contributed by atoms with E-state index in [1.165, 1.54) is 18.2 Å². The van der Waals surface area contributed by atoms with Gasteiger partial charge in [0.05, 0.1) is 12.7 Å². The van der Waals surface area contributed by atoms with E-state index in [0.29, 0.717) is 23.0 Å². The van der Waals surface area contributed by atoms with Crippen molar-refractivity contribution in [2.45, 2.75) is 6.54 Å². The van der Waals surface area contributed by atoms with E-state index in [-0.39, 0.29) is 5.56 Å². The van der Waals surface area contributed by atoms with Crippen LogP contribution >= 0.6 is 11.6 Å². The number of methoxy groups -OCH3 is 1. The molecule has 2 aromatic carbocycles. The smallest absolute Gasteiger partial charge is 0.251 e. The van der Waals surface area contributed by atoms with Crippen LogP contribution in [0.4, 0.5) is 10.1 Å². The van der Waals surface area contributed by atoms with E-state index in [1.807, 2.05) is 0 Å². The van der Waals surface area contributed by atoms with E-state index in [0.717, 1.165) is 5.56 Å². The molecule has 110 valence electrons. The summed E-state index contributed by atoms with van der Waals surface area (Å²) in [6.07, 6.45) is 0. The van der Waals surface area contributed by atoms with Gasteiger partial charge in [0.2, 0.25) is 0 Å². The number of hydrogen-bond acceptors (Lipinski definition) is 3. The number of anilines is 1. The molecule has 0 aromatic heterocycles. The molecule has 1 amide bonds. The average Bonchev–Trinajstić information content (AvgIpc) is 2.46. The van der Waals surface area contributed by atoms with E-state index < -0.39 is 11.7 Å². The number of amides is 1. The van der Waals surface area contributed by atoms with Gasteiger partial charge in [-0.25, -0.2) is 4.39 Å². The van der Waals surface area contributed by atoms with Crippen LogP contribution in [0, 0.1) is 5.82 Å². The predicted molar refractivity (Wildman–Crippen MR) is 80.2 cm³/mol. The topological polar surface area (TPSA) is 64.3 Å². The van der Waals surface area contributed by atoms with Gasteiger partial charge in [-0.2, -0.15) is 0 Å². The van der Waals surface area contributed by atoms with E-state index in [1.54, 1.807) is 25.3 Å². The molecule has 0 aliphatic heterocycles. The summed E-state index contributed by atoms with van der Waals surface area (Å²) in [6, 6.07) is 9.35. The van der Waals surface area contributed by atoms with E-state index in [9.17, 15) is 9.18 Å². The van der Waals surface area contributed by atoms with Crippen LogP contribution in [-0.4, -0.2) is 13.0 Å². The minimum Gasteiger partial charge on any atom is -0.496 e. The number of nitrogens with one attached hydrogen (secondary N) is 1. The summed E-state index contributed by atoms with van der Waals surface area (Å²) < 4.78 is 18.6. The van der Waals surface area contributed by atoms with Gasteiger partial charge >= 0.3 is 0 Å². The second-order valence-corrected chi connectivity index (χ2v) is 4.81. The summed E-state index contributed by atoms with van der Waals surface area (Å²) in [5.41, 5.74) is 6.38. The number of hydrogen-bond donors (Lipinski definition) is 2. The number of carbonyl (C=O) groups excluding carboxylic acids is 1. The van der Waals surface area contributed by atoms with Crippen molar-refractivity contribution in [1.29, 1.82) is 0 Å². The summed E-state index contributed by atoms with van der Waals surface area (Å²) >= 11 is 5.95. The Bertz CT molecular complexity index is 677. The van der Waals surface area contributed by atoms with Gasteiger partial charge in [-0.1, -0.05) is 11.6 Å². The third-order valence-electron chi connectivity index (χ3n) is 2.96. The number of carbonyl (C=O) groups is 1. The third kappa shape index (κ3) is 3.64. The van der Waals surface area contributed by atoms with E-state index in [4.69, 9.17) is 22.1 Å². The third-order valence-corrected chi connectivity index (χ3v) is 3.19. The predicted octanol–water partition coefficient (Wildman–Crippen LogP) is 3.20. The number of primary amides is 1. The summed E-state index contributed by atoms with van der Waals surface area (Å²) in [5.74, 6) is -0.769. The van der Waals surface area contributed by atoms with E-state index >= 15 is 0 Å². The summed E-state index contributed by atoms with van der Waals surface area (Å²) in [6.45, 7) is 0.410. The highest BCUT2D eigenvalue weighted by Gasteiger charge is 2.09. The number of benzene rings is 2. The van der Waals surface area contributed by atoms with Gasteiger partial charge in [0, 0.05) is 22.8 Å². The monoisotopic (exact) mass is 308 g/mol. The number of rotatable bonds is 5. The molecule has 0 fully saturated rings. The zero-order valence-corrected chi connectivity index (χ0v) is 12.1. The maximum atomic E-state index is 13.4. The maximum Gasteiger partial charge on any atom is 0.251 e. The first-order valence-electron chi connectivity index (χ1n) is 6.17. The average molecular weight is 309 g/mol. The highest BCUT2D eigenvalue weighted by Crippen LogP contribution is 2.24. The first-order valence-corrected chi connectivity index (χ1v) is 6.54. The molecule has 4 nitrogen and oxygen atoms in total. The fourth-order valence-electron chi connectivity index (χ4n) is 1.91. The molecule has 2 rings (SSSR count). The number of halogens is 2. The van der Waals surface area contributed by atoms with Crippen molar-refractivity contribution < 1.29 is 13.9 Å². The van der Waals surface area contributed by atoms with Gasteiger partial charge < -0.3 is 15.8 Å². The molecule has 0 aliphatic carbocycles. The van der Waals surface area contributed by atoms with Gasteiger partial charge in [-0.15, -0.1) is 0 Å². The molecule has 0 aliphatic rings. The van der Waals surface area contributed by atoms with Crippen LogP contribution in [0.5, 0.6) is 5.75 Å². The Labute approximate surface area is 126 Å². The largest absolute Gasteiger partial charge is 0.496 e. The molecule has 2 aromatic rings. The normalized spacial score (nSPS) is 10.2. The highest BCUT2D eigenvalue weighted by atomic mass is 35.5. The van der Waals surface area contributed by atoms with Crippen LogP contribution in [0.2, 0.25) is 5.02 Å². The van der Waals surface area contributed by atoms with Crippen LogP contribution in [-0.2, 0) is 6.54 Å². The first kappa shape index (κ1) is 15.1. The Kier molecular flexibility index (Phi) is 4.65. The van der Waals surface area contributed by atoms with Crippen molar-refractivity contribution in [3.63, 3.8) is 0 Å². The highest BCUT2D eigenvalue weighted by molar-refractivity contribution is 6.30. The fraction of sp³-hybridized carbons (Fsp3) is 0.133. The van der Waals surface area contributed by atoms with Crippen LogP contribution < -0.4 is 15.8 Å². The van der Waals surface area contributed by atoms with Gasteiger partial charge in [0.25, 0.3) is 5.91 Å². The lowest BCUT2D eigenvalue weighted by molar-refractivity contribution is 0.0996. The van der Waals surface area contributed by atoms with Gasteiger partial charge in [-0.05, 0) is 36.4 Å². The van der Waals surface area contributed by atoms with Crippen LogP contribution in [0.25, 0.3) is 0 Å². The van der Waals surface area contributed by atoms with E-state index in [2.05, 4.69) is 5.32 Å². The Hall–Kier alpha value is -2.27. The molecule has 0 heterocycles. The van der Waals surface area contributed by atoms with Crippen LogP contribution in [0.1, 0.15) is 15.9 Å². The Morgan fingerprint density at radius 2 is 2.10 bits per heavy atom. The Balaban J connectivity index is 2.19. The molecule has 6 heteroatoms. The number of nitrogens with two attached hydrogens (primary N) is 1. The second-order valence-electron chi connectivity index (χ2n) is 4.37. The molecule has 0 saturated carbocycles. The molecule has 0 spiro atoms. The summed E-state index contributed by atoms with van der Waals surface area (Å²) in [5, 5.41) is 3.66. The molecular weight excluding hydrogens is 295 g/mol. The maximum absolute atomic E-state index is 13.4. The van der Waals surface area contributed by atoms with Crippen LogP contribution in [0.15, 0.2) is 36.4 Å². The van der Waals surface area contributed by atoms with Crippen molar-refractivity contribution in [3.05, 3.63) is 58.4 Å². The van der Waals surface area contributed by atoms with Gasteiger partial charge in [0.15, 0.2) is 0 Å². The lowest BCUT2D eigenvalue weighted by Gasteiger charge is -2.12. The van der Waals surface area contributed by atoms with Gasteiger partial charge in [-0.3, -0.25) is 4.79 Å². The molecular formula is C15H14ClFN2O2. The quantitative estimate of drug-likeness (QED) is 0.891. The molecule has 21 heavy (non-hydrogen) atoms. The zero-order valence-electron chi connectivity index (χ0n) is 11.3. The van der Waals surface area contributed by atoms with Crippen molar-refractivity contribution in [1.82, 2.24) is 0 Å². The minimum absolute atomic E-state index is 0.155. The fourth-order valence-corrected chi connectivity index (χ4v) is 2.10. The minimum atomic E-state index is -0.809. The molecule has 0 radical (unpaired) electrons. The lowest BCUT2D eigenvalue weighted by atomic mass is 10.1. The first-order chi connectivity index (χ1) is 10.0. The van der Waals surface area contributed by atoms with Crippen molar-refractivity contribution in [2.75, 3.05) is 12.4 Å². The van der Waals surface area contributed by atoms with Crippen molar-refractivity contribution >= 4 is 23.2 Å². The Morgan fingerprint density at radius 1 is 1.33 bits per heavy atom. The number of ether oxygens (including phenoxy) is 1. The molecule has 0 saturated heterocycles. The van der Waals surface area contributed by atoms with Gasteiger partial charge in [0.1, 0.15) is 11.6 Å². The summed E-state index contributed by atoms with van der Waals surface area (Å²) in [4.78, 5) is 11.1. The van der Waals surface area contributed by atoms with Crippen LogP contribution in [0.3, 0.4) is 0 Å². The molecule has 0 bridgehead atoms. The molecule has 3 N–H and O–H groups in total. The van der Waals surface area contributed by atoms with Crippen molar-refractivity contribution in [2.24, 2.45) is 5.73 Å². The summed E-state index contributed by atoms with van der Waals surface area (Å²) in [7, 11) is 1.57. The SMILES string of the molecule is COc1ccc(Cl)cc1CNc1ccc(F)c(C(N)=O)c1. The zero-order chi connectivity index (χ0) is 15.4. The Morgan fingerprint density at radius 3 is 2.76 bits per heavy atom. The van der Waals surface area contributed by atoms with Crippen molar-refractivity contribution in [3.8, 4) is 5.75 Å². The lowest BCUT2D eigenvalue weighted by Crippen LogP contribution is -2.13. The second kappa shape index (κ2) is 6.45. The molecule has 0 unspecified atom stereocenters. The molecule has 0 atom stereocenters.